The molecule has 0 radical (unpaired) electrons. The van der Waals surface area contributed by atoms with Crippen molar-refractivity contribution in [1.29, 1.82) is 0 Å². The SMILES string of the molecule is CCC1(C(=O)Nc2ccccc2-n2ccnn2)CCCN1. The molecule has 2 aromatic rings. The van der Waals surface area contributed by atoms with E-state index < -0.39 is 5.54 Å². The van der Waals surface area contributed by atoms with Crippen LogP contribution in [0.3, 0.4) is 0 Å². The Kier molecular flexibility index (Phi) is 3.70. The molecular formula is C15H19N5O. The van der Waals surface area contributed by atoms with Crippen molar-refractivity contribution in [2.45, 2.75) is 31.7 Å². The third-order valence-corrected chi connectivity index (χ3v) is 4.10. The van der Waals surface area contributed by atoms with E-state index in [0.29, 0.717) is 0 Å². The van der Waals surface area contributed by atoms with Crippen LogP contribution in [0.5, 0.6) is 0 Å². The van der Waals surface area contributed by atoms with Crippen LogP contribution < -0.4 is 10.6 Å². The van der Waals surface area contributed by atoms with Gasteiger partial charge in [-0.3, -0.25) is 4.79 Å². The summed E-state index contributed by atoms with van der Waals surface area (Å²) in [5, 5.41) is 14.2. The third kappa shape index (κ3) is 2.54. The van der Waals surface area contributed by atoms with Gasteiger partial charge in [-0.15, -0.1) is 5.10 Å². The molecule has 1 aliphatic rings. The number of carbonyl (C=O) groups is 1. The predicted molar refractivity (Wildman–Crippen MR) is 80.2 cm³/mol. The van der Waals surface area contributed by atoms with Gasteiger partial charge in [0.15, 0.2) is 0 Å². The lowest BCUT2D eigenvalue weighted by atomic mass is 9.93. The maximum atomic E-state index is 12.7. The maximum absolute atomic E-state index is 12.7. The molecule has 1 aliphatic heterocycles. The van der Waals surface area contributed by atoms with Gasteiger partial charge in [-0.25, -0.2) is 4.68 Å². The Morgan fingerprint density at radius 1 is 1.48 bits per heavy atom. The van der Waals surface area contributed by atoms with Crippen molar-refractivity contribution < 1.29 is 4.79 Å². The second-order valence-corrected chi connectivity index (χ2v) is 5.28. The van der Waals surface area contributed by atoms with Gasteiger partial charge in [0.25, 0.3) is 0 Å². The first kappa shape index (κ1) is 13.8. The van der Waals surface area contributed by atoms with Gasteiger partial charge in [-0.2, -0.15) is 0 Å². The number of hydrogen-bond acceptors (Lipinski definition) is 4. The van der Waals surface area contributed by atoms with Crippen molar-refractivity contribution in [3.8, 4) is 5.69 Å². The van der Waals surface area contributed by atoms with E-state index in [0.717, 1.165) is 37.2 Å². The van der Waals surface area contributed by atoms with Gasteiger partial charge in [0.1, 0.15) is 0 Å². The van der Waals surface area contributed by atoms with Crippen molar-refractivity contribution in [3.63, 3.8) is 0 Å². The zero-order valence-electron chi connectivity index (χ0n) is 12.0. The number of aromatic nitrogens is 3. The molecule has 0 saturated carbocycles. The number of rotatable bonds is 4. The molecule has 1 atom stereocenters. The second-order valence-electron chi connectivity index (χ2n) is 5.28. The second kappa shape index (κ2) is 5.65. The van der Waals surface area contributed by atoms with Gasteiger partial charge in [-0.05, 0) is 37.9 Å². The Morgan fingerprint density at radius 2 is 2.33 bits per heavy atom. The Hall–Kier alpha value is -2.21. The Morgan fingerprint density at radius 3 is 3.00 bits per heavy atom. The molecule has 1 unspecified atom stereocenters. The van der Waals surface area contributed by atoms with Crippen molar-refractivity contribution in [3.05, 3.63) is 36.7 Å². The highest BCUT2D eigenvalue weighted by molar-refractivity contribution is 5.99. The molecule has 1 saturated heterocycles. The van der Waals surface area contributed by atoms with Gasteiger partial charge in [0.05, 0.1) is 29.3 Å². The first-order valence-electron chi connectivity index (χ1n) is 7.27. The fraction of sp³-hybridized carbons (Fsp3) is 0.400. The van der Waals surface area contributed by atoms with Crippen LogP contribution in [-0.2, 0) is 4.79 Å². The van der Waals surface area contributed by atoms with Crippen LogP contribution >= 0.6 is 0 Å². The van der Waals surface area contributed by atoms with Crippen LogP contribution in [0.2, 0.25) is 0 Å². The van der Waals surface area contributed by atoms with Gasteiger partial charge >= 0.3 is 0 Å². The van der Waals surface area contributed by atoms with Crippen LogP contribution in [-0.4, -0.2) is 33.0 Å². The molecule has 3 rings (SSSR count). The Balaban J connectivity index is 1.87. The van der Waals surface area contributed by atoms with E-state index in [-0.39, 0.29) is 5.91 Å². The van der Waals surface area contributed by atoms with Crippen LogP contribution in [0.25, 0.3) is 5.69 Å². The molecule has 2 heterocycles. The van der Waals surface area contributed by atoms with E-state index in [1.165, 1.54) is 0 Å². The molecule has 1 amide bonds. The van der Waals surface area contributed by atoms with Crippen molar-refractivity contribution in [1.82, 2.24) is 20.3 Å². The highest BCUT2D eigenvalue weighted by Crippen LogP contribution is 2.26. The minimum absolute atomic E-state index is 0.0232. The molecule has 0 spiro atoms. The van der Waals surface area contributed by atoms with E-state index >= 15 is 0 Å². The highest BCUT2D eigenvalue weighted by Gasteiger charge is 2.39. The zero-order chi connectivity index (χ0) is 14.7. The summed E-state index contributed by atoms with van der Waals surface area (Å²) in [6.07, 6.45) is 6.07. The molecule has 1 fully saturated rings. The number of amides is 1. The molecule has 2 N–H and O–H groups in total. The molecule has 6 heteroatoms. The average Bonchev–Trinajstić information content (AvgIpc) is 3.20. The smallest absolute Gasteiger partial charge is 0.244 e. The highest BCUT2D eigenvalue weighted by atomic mass is 16.2. The first-order valence-corrected chi connectivity index (χ1v) is 7.27. The largest absolute Gasteiger partial charge is 0.323 e. The Labute approximate surface area is 123 Å². The van der Waals surface area contributed by atoms with E-state index in [9.17, 15) is 4.79 Å². The first-order chi connectivity index (χ1) is 10.2. The van der Waals surface area contributed by atoms with E-state index in [4.69, 9.17) is 0 Å². The van der Waals surface area contributed by atoms with E-state index in [2.05, 4.69) is 20.9 Å². The summed E-state index contributed by atoms with van der Waals surface area (Å²) in [7, 11) is 0. The Bertz CT molecular complexity index is 617. The van der Waals surface area contributed by atoms with Crippen molar-refractivity contribution >= 4 is 11.6 Å². The minimum atomic E-state index is -0.449. The van der Waals surface area contributed by atoms with E-state index in [1.807, 2.05) is 31.2 Å². The fourth-order valence-electron chi connectivity index (χ4n) is 2.82. The topological polar surface area (TPSA) is 71.8 Å². The van der Waals surface area contributed by atoms with Crippen molar-refractivity contribution in [2.75, 3.05) is 11.9 Å². The summed E-state index contributed by atoms with van der Waals surface area (Å²) in [5.41, 5.74) is 1.11. The van der Waals surface area contributed by atoms with Crippen LogP contribution in [0.4, 0.5) is 5.69 Å². The molecule has 1 aromatic heterocycles. The van der Waals surface area contributed by atoms with Crippen LogP contribution in [0, 0.1) is 0 Å². The number of anilines is 1. The number of carbonyl (C=O) groups excluding carboxylic acids is 1. The predicted octanol–water partition coefficient (Wildman–Crippen LogP) is 1.74. The summed E-state index contributed by atoms with van der Waals surface area (Å²) in [6.45, 7) is 2.94. The standard InChI is InChI=1S/C15H19N5O/c1-2-15(8-5-9-16-15)14(21)18-12-6-3-4-7-13(12)20-11-10-17-19-20/h3-4,6-7,10-11,16H,2,5,8-9H2,1H3,(H,18,21). The van der Waals surface area contributed by atoms with Gasteiger partial charge in [0, 0.05) is 0 Å². The summed E-state index contributed by atoms with van der Waals surface area (Å²) in [4.78, 5) is 12.7. The minimum Gasteiger partial charge on any atom is -0.323 e. The van der Waals surface area contributed by atoms with Gasteiger partial charge in [-0.1, -0.05) is 24.3 Å². The lowest BCUT2D eigenvalue weighted by Gasteiger charge is -2.27. The number of para-hydroxylation sites is 2. The summed E-state index contributed by atoms with van der Waals surface area (Å²) < 4.78 is 1.65. The fourth-order valence-corrected chi connectivity index (χ4v) is 2.82. The van der Waals surface area contributed by atoms with Crippen molar-refractivity contribution in [2.24, 2.45) is 0 Å². The zero-order valence-corrected chi connectivity index (χ0v) is 12.0. The van der Waals surface area contributed by atoms with Crippen LogP contribution in [0.1, 0.15) is 26.2 Å². The molecule has 0 bridgehead atoms. The quantitative estimate of drug-likeness (QED) is 0.897. The van der Waals surface area contributed by atoms with Gasteiger partial charge in [0.2, 0.25) is 5.91 Å². The maximum Gasteiger partial charge on any atom is 0.244 e. The van der Waals surface area contributed by atoms with Gasteiger partial charge < -0.3 is 10.6 Å². The van der Waals surface area contributed by atoms with E-state index in [1.54, 1.807) is 17.1 Å². The number of benzene rings is 1. The normalized spacial score (nSPS) is 21.4. The number of nitrogens with one attached hydrogen (secondary N) is 2. The monoisotopic (exact) mass is 285 g/mol. The molecule has 110 valence electrons. The molecular weight excluding hydrogens is 266 g/mol. The number of nitrogens with zero attached hydrogens (tertiary/aromatic N) is 3. The average molecular weight is 285 g/mol. The molecule has 21 heavy (non-hydrogen) atoms. The molecule has 6 nitrogen and oxygen atoms in total. The summed E-state index contributed by atoms with van der Waals surface area (Å²) >= 11 is 0. The lowest BCUT2D eigenvalue weighted by Crippen LogP contribution is -2.50. The lowest BCUT2D eigenvalue weighted by molar-refractivity contribution is -0.122. The molecule has 0 aliphatic carbocycles. The third-order valence-electron chi connectivity index (χ3n) is 4.10. The summed E-state index contributed by atoms with van der Waals surface area (Å²) in [5.74, 6) is 0.0232. The molecule has 1 aromatic carbocycles. The van der Waals surface area contributed by atoms with Crippen LogP contribution in [0.15, 0.2) is 36.7 Å². The summed E-state index contributed by atoms with van der Waals surface area (Å²) in [6, 6.07) is 7.60. The number of hydrogen-bond donors (Lipinski definition) is 2.